The number of hydrogen-bond donors (Lipinski definition) is 2. The fourth-order valence-electron chi connectivity index (χ4n) is 3.90. The Morgan fingerprint density at radius 1 is 0.909 bits per heavy atom. The summed E-state index contributed by atoms with van der Waals surface area (Å²) >= 11 is 0. The molecule has 33 heavy (non-hydrogen) atoms. The van der Waals surface area contributed by atoms with Gasteiger partial charge in [0.1, 0.15) is 0 Å². The lowest BCUT2D eigenvalue weighted by atomic mass is 9.94. The predicted molar refractivity (Wildman–Crippen MR) is 132 cm³/mol. The number of rotatable bonds is 7. The molecule has 4 rings (SSSR count). The Hall–Kier alpha value is -3.96. The number of amides is 1. The van der Waals surface area contributed by atoms with Gasteiger partial charge in [-0.2, -0.15) is 0 Å². The molecule has 0 aromatic heterocycles. The zero-order chi connectivity index (χ0) is 23.2. The molecular formula is C28H26N2O3. The van der Waals surface area contributed by atoms with E-state index >= 15 is 0 Å². The molecule has 1 amide bonds. The molecule has 0 saturated carbocycles. The summed E-state index contributed by atoms with van der Waals surface area (Å²) in [6.45, 7) is 2.54. The molecule has 0 radical (unpaired) electrons. The van der Waals surface area contributed by atoms with Gasteiger partial charge in [-0.3, -0.25) is 9.59 Å². The monoisotopic (exact) mass is 438 g/mol. The Kier molecular flexibility index (Phi) is 6.81. The topological polar surface area (TPSA) is 81.4 Å². The van der Waals surface area contributed by atoms with Crippen LogP contribution in [0.3, 0.4) is 0 Å². The molecule has 0 saturated heterocycles. The van der Waals surface area contributed by atoms with Gasteiger partial charge in [0, 0.05) is 17.8 Å². The SMILES string of the molecule is CCOC(=O)Cc1ccccc1NC(=O)c1cc(-c2cccc(CN)c2)c2ccccc2c1. The van der Waals surface area contributed by atoms with Gasteiger partial charge in [-0.05, 0) is 64.2 Å². The van der Waals surface area contributed by atoms with Gasteiger partial charge in [0.15, 0.2) is 0 Å². The van der Waals surface area contributed by atoms with Crippen molar-refractivity contribution in [3.05, 3.63) is 102 Å². The van der Waals surface area contributed by atoms with E-state index in [4.69, 9.17) is 10.5 Å². The van der Waals surface area contributed by atoms with Gasteiger partial charge in [0.05, 0.1) is 13.0 Å². The van der Waals surface area contributed by atoms with Crippen LogP contribution in [0.4, 0.5) is 5.69 Å². The predicted octanol–water partition coefficient (Wildman–Crippen LogP) is 5.32. The van der Waals surface area contributed by atoms with Crippen LogP contribution in [0.25, 0.3) is 21.9 Å². The van der Waals surface area contributed by atoms with Crippen molar-refractivity contribution in [2.24, 2.45) is 5.73 Å². The number of carbonyl (C=O) groups is 2. The van der Waals surface area contributed by atoms with E-state index in [2.05, 4.69) is 17.4 Å². The van der Waals surface area contributed by atoms with Crippen LogP contribution in [-0.4, -0.2) is 18.5 Å². The van der Waals surface area contributed by atoms with Crippen LogP contribution in [0, 0.1) is 0 Å². The molecule has 5 heteroatoms. The number of esters is 1. The van der Waals surface area contributed by atoms with Crippen molar-refractivity contribution in [1.82, 2.24) is 0 Å². The highest BCUT2D eigenvalue weighted by atomic mass is 16.5. The normalized spacial score (nSPS) is 10.7. The first kappa shape index (κ1) is 22.2. The standard InChI is InChI=1S/C28H26N2O3/c1-2-33-27(31)17-22-10-4-6-13-26(22)30-28(32)23-15-21-9-3-5-12-24(21)25(16-23)20-11-7-8-19(14-20)18-29/h3-16H,2,17-18,29H2,1H3,(H,30,32). The van der Waals surface area contributed by atoms with Crippen LogP contribution in [0.1, 0.15) is 28.4 Å². The van der Waals surface area contributed by atoms with Crippen LogP contribution >= 0.6 is 0 Å². The second kappa shape index (κ2) is 10.1. The molecule has 0 spiro atoms. The molecular weight excluding hydrogens is 412 g/mol. The summed E-state index contributed by atoms with van der Waals surface area (Å²) in [5.41, 5.74) is 10.7. The first-order valence-electron chi connectivity index (χ1n) is 11.0. The van der Waals surface area contributed by atoms with Crippen molar-refractivity contribution in [1.29, 1.82) is 0 Å². The highest BCUT2D eigenvalue weighted by Gasteiger charge is 2.15. The van der Waals surface area contributed by atoms with Crippen LogP contribution < -0.4 is 11.1 Å². The maximum atomic E-state index is 13.3. The summed E-state index contributed by atoms with van der Waals surface area (Å²) in [6.07, 6.45) is 0.0964. The van der Waals surface area contributed by atoms with E-state index in [1.54, 1.807) is 13.0 Å². The molecule has 0 heterocycles. The molecule has 0 fully saturated rings. The minimum Gasteiger partial charge on any atom is -0.466 e. The van der Waals surface area contributed by atoms with E-state index in [1.165, 1.54) is 0 Å². The number of fused-ring (bicyclic) bond motifs is 1. The maximum absolute atomic E-state index is 13.3. The Bertz CT molecular complexity index is 1310. The van der Waals surface area contributed by atoms with E-state index in [0.717, 1.165) is 27.5 Å². The Morgan fingerprint density at radius 2 is 1.70 bits per heavy atom. The van der Waals surface area contributed by atoms with Gasteiger partial charge in [-0.1, -0.05) is 60.7 Å². The highest BCUT2D eigenvalue weighted by Crippen LogP contribution is 2.31. The van der Waals surface area contributed by atoms with Gasteiger partial charge in [0.25, 0.3) is 5.91 Å². The molecule has 5 nitrogen and oxygen atoms in total. The molecule has 4 aromatic rings. The summed E-state index contributed by atoms with van der Waals surface area (Å²) < 4.78 is 5.06. The lowest BCUT2D eigenvalue weighted by Gasteiger charge is -2.14. The average Bonchev–Trinajstić information content (AvgIpc) is 2.84. The first-order chi connectivity index (χ1) is 16.1. The zero-order valence-electron chi connectivity index (χ0n) is 18.5. The largest absolute Gasteiger partial charge is 0.466 e. The van der Waals surface area contributed by atoms with Crippen molar-refractivity contribution >= 4 is 28.3 Å². The van der Waals surface area contributed by atoms with E-state index in [0.29, 0.717) is 30.0 Å². The maximum Gasteiger partial charge on any atom is 0.310 e. The first-order valence-corrected chi connectivity index (χ1v) is 11.0. The lowest BCUT2D eigenvalue weighted by Crippen LogP contribution is -2.15. The Balaban J connectivity index is 1.71. The number of hydrogen-bond acceptors (Lipinski definition) is 4. The smallest absolute Gasteiger partial charge is 0.310 e. The van der Waals surface area contributed by atoms with Crippen molar-refractivity contribution in [3.8, 4) is 11.1 Å². The average molecular weight is 439 g/mol. The quantitative estimate of drug-likeness (QED) is 0.383. The van der Waals surface area contributed by atoms with E-state index < -0.39 is 0 Å². The van der Waals surface area contributed by atoms with Crippen molar-refractivity contribution < 1.29 is 14.3 Å². The number of para-hydroxylation sites is 1. The van der Waals surface area contributed by atoms with Crippen LogP contribution in [0.2, 0.25) is 0 Å². The molecule has 4 aromatic carbocycles. The fourth-order valence-corrected chi connectivity index (χ4v) is 3.90. The number of benzene rings is 4. The molecule has 0 aliphatic rings. The van der Waals surface area contributed by atoms with E-state index in [1.807, 2.05) is 66.7 Å². The highest BCUT2D eigenvalue weighted by molar-refractivity contribution is 6.10. The van der Waals surface area contributed by atoms with Crippen LogP contribution in [0.15, 0.2) is 84.9 Å². The lowest BCUT2D eigenvalue weighted by molar-refractivity contribution is -0.142. The summed E-state index contributed by atoms with van der Waals surface area (Å²) in [4.78, 5) is 25.3. The van der Waals surface area contributed by atoms with Crippen molar-refractivity contribution in [2.75, 3.05) is 11.9 Å². The third-order valence-corrected chi connectivity index (χ3v) is 5.50. The van der Waals surface area contributed by atoms with Gasteiger partial charge in [-0.25, -0.2) is 0 Å². The van der Waals surface area contributed by atoms with Crippen molar-refractivity contribution in [3.63, 3.8) is 0 Å². The molecule has 0 atom stereocenters. The third kappa shape index (κ3) is 5.10. The second-order valence-corrected chi connectivity index (χ2v) is 7.74. The third-order valence-electron chi connectivity index (χ3n) is 5.50. The Labute approximate surface area is 193 Å². The molecule has 0 aliphatic heterocycles. The molecule has 3 N–H and O–H groups in total. The number of anilines is 1. The molecule has 166 valence electrons. The van der Waals surface area contributed by atoms with E-state index in [-0.39, 0.29) is 18.3 Å². The second-order valence-electron chi connectivity index (χ2n) is 7.74. The summed E-state index contributed by atoms with van der Waals surface area (Å²) in [7, 11) is 0. The van der Waals surface area contributed by atoms with Crippen LogP contribution in [0.5, 0.6) is 0 Å². The number of nitrogens with one attached hydrogen (secondary N) is 1. The molecule has 0 bridgehead atoms. The summed E-state index contributed by atoms with van der Waals surface area (Å²) in [5, 5.41) is 5.01. The number of ether oxygens (including phenoxy) is 1. The Morgan fingerprint density at radius 3 is 2.52 bits per heavy atom. The minimum absolute atomic E-state index is 0.0964. The van der Waals surface area contributed by atoms with Gasteiger partial charge < -0.3 is 15.8 Å². The van der Waals surface area contributed by atoms with Gasteiger partial charge in [0.2, 0.25) is 0 Å². The number of nitrogens with two attached hydrogens (primary N) is 1. The summed E-state index contributed by atoms with van der Waals surface area (Å²) in [6, 6.07) is 27.1. The molecule has 0 unspecified atom stereocenters. The fraction of sp³-hybridized carbons (Fsp3) is 0.143. The van der Waals surface area contributed by atoms with Gasteiger partial charge >= 0.3 is 5.97 Å². The van der Waals surface area contributed by atoms with Crippen LogP contribution in [-0.2, 0) is 22.5 Å². The van der Waals surface area contributed by atoms with E-state index in [9.17, 15) is 9.59 Å². The number of carbonyl (C=O) groups excluding carboxylic acids is 2. The zero-order valence-corrected chi connectivity index (χ0v) is 18.5. The minimum atomic E-state index is -0.327. The van der Waals surface area contributed by atoms with Crippen molar-refractivity contribution in [2.45, 2.75) is 19.9 Å². The van der Waals surface area contributed by atoms with Gasteiger partial charge in [-0.15, -0.1) is 0 Å². The summed E-state index contributed by atoms with van der Waals surface area (Å²) in [5.74, 6) is -0.569. The molecule has 0 aliphatic carbocycles.